The Balaban J connectivity index is 1.75. The number of nitro groups is 1. The first-order chi connectivity index (χ1) is 14.3. The molecule has 0 saturated carbocycles. The fraction of sp³-hybridized carbons (Fsp3) is 0.143. The van der Waals surface area contributed by atoms with Crippen LogP contribution in [-0.4, -0.2) is 15.8 Å². The van der Waals surface area contributed by atoms with E-state index in [1.807, 2.05) is 19.1 Å². The van der Waals surface area contributed by atoms with Gasteiger partial charge in [-0.3, -0.25) is 19.9 Å². The van der Waals surface area contributed by atoms with E-state index >= 15 is 0 Å². The Morgan fingerprint density at radius 1 is 1.17 bits per heavy atom. The molecule has 0 aliphatic rings. The number of amides is 1. The molecule has 0 aliphatic carbocycles. The zero-order valence-electron chi connectivity index (χ0n) is 15.9. The van der Waals surface area contributed by atoms with Crippen molar-refractivity contribution < 1.29 is 9.72 Å². The Bertz CT molecular complexity index is 1080. The molecule has 0 bridgehead atoms. The van der Waals surface area contributed by atoms with Gasteiger partial charge in [0.05, 0.1) is 16.7 Å². The Morgan fingerprint density at radius 3 is 2.63 bits per heavy atom. The summed E-state index contributed by atoms with van der Waals surface area (Å²) in [5.74, 6) is -0.451. The molecule has 2 N–H and O–H groups in total. The fourth-order valence-electron chi connectivity index (χ4n) is 2.83. The topological polar surface area (TPSA) is 97.2 Å². The summed E-state index contributed by atoms with van der Waals surface area (Å²) >= 11 is 12.0. The van der Waals surface area contributed by atoms with E-state index in [0.29, 0.717) is 21.3 Å². The summed E-state index contributed by atoms with van der Waals surface area (Å²) in [6, 6.07) is 14.5. The quantitative estimate of drug-likeness (QED) is 0.375. The fourth-order valence-corrected chi connectivity index (χ4v) is 3.30. The monoisotopic (exact) mass is 444 g/mol. The van der Waals surface area contributed by atoms with Crippen LogP contribution >= 0.6 is 23.2 Å². The predicted molar refractivity (Wildman–Crippen MR) is 117 cm³/mol. The highest BCUT2D eigenvalue weighted by Crippen LogP contribution is 2.29. The molecule has 9 heteroatoms. The molecule has 2 aromatic carbocycles. The molecule has 3 aromatic rings. The van der Waals surface area contributed by atoms with E-state index in [1.165, 1.54) is 18.2 Å². The van der Waals surface area contributed by atoms with E-state index < -0.39 is 10.8 Å². The highest BCUT2D eigenvalue weighted by atomic mass is 35.5. The number of nitrogens with zero attached hydrogens (tertiary/aromatic N) is 2. The highest BCUT2D eigenvalue weighted by molar-refractivity contribution is 6.35. The third kappa shape index (κ3) is 5.25. The molecule has 0 aliphatic heterocycles. The maximum atomic E-state index is 12.5. The van der Waals surface area contributed by atoms with Crippen LogP contribution in [0.5, 0.6) is 0 Å². The summed E-state index contributed by atoms with van der Waals surface area (Å²) in [6.07, 6.45) is 1.66. The van der Waals surface area contributed by atoms with Gasteiger partial charge in [0.15, 0.2) is 0 Å². The molecule has 1 amide bonds. The van der Waals surface area contributed by atoms with Gasteiger partial charge in [-0.05, 0) is 48.9 Å². The Labute approximate surface area is 183 Å². The number of hydrogen-bond donors (Lipinski definition) is 2. The van der Waals surface area contributed by atoms with Gasteiger partial charge in [-0.1, -0.05) is 35.3 Å². The van der Waals surface area contributed by atoms with Gasteiger partial charge in [-0.25, -0.2) is 0 Å². The van der Waals surface area contributed by atoms with E-state index in [4.69, 9.17) is 23.2 Å². The van der Waals surface area contributed by atoms with Crippen LogP contribution in [0.1, 0.15) is 34.6 Å². The van der Waals surface area contributed by atoms with Gasteiger partial charge in [-0.2, -0.15) is 0 Å². The second kappa shape index (κ2) is 9.56. The lowest BCUT2D eigenvalue weighted by molar-refractivity contribution is -0.384. The molecule has 0 spiro atoms. The van der Waals surface area contributed by atoms with Gasteiger partial charge in [-0.15, -0.1) is 0 Å². The van der Waals surface area contributed by atoms with E-state index in [9.17, 15) is 14.9 Å². The number of anilines is 1. The molecular formula is C21H18Cl2N4O3. The number of carbonyl (C=O) groups excluding carboxylic acids is 1. The van der Waals surface area contributed by atoms with Gasteiger partial charge < -0.3 is 10.6 Å². The normalized spacial score (nSPS) is 11.6. The summed E-state index contributed by atoms with van der Waals surface area (Å²) in [5, 5.41) is 18.3. The van der Waals surface area contributed by atoms with Crippen molar-refractivity contribution in [3.63, 3.8) is 0 Å². The average molecular weight is 445 g/mol. The summed E-state index contributed by atoms with van der Waals surface area (Å²) < 4.78 is 0. The van der Waals surface area contributed by atoms with Crippen LogP contribution in [0.15, 0.2) is 60.8 Å². The molecule has 30 heavy (non-hydrogen) atoms. The first-order valence-corrected chi connectivity index (χ1v) is 9.79. The molecule has 0 fully saturated rings. The van der Waals surface area contributed by atoms with Crippen molar-refractivity contribution >= 4 is 40.5 Å². The van der Waals surface area contributed by atoms with Crippen LogP contribution in [0.2, 0.25) is 10.0 Å². The average Bonchev–Trinajstić information content (AvgIpc) is 2.73. The maximum absolute atomic E-state index is 12.5. The van der Waals surface area contributed by atoms with Crippen molar-refractivity contribution in [1.29, 1.82) is 0 Å². The van der Waals surface area contributed by atoms with Crippen molar-refractivity contribution in [3.05, 3.63) is 97.8 Å². The lowest BCUT2D eigenvalue weighted by atomic mass is 10.1. The van der Waals surface area contributed by atoms with Crippen LogP contribution in [0.4, 0.5) is 11.4 Å². The predicted octanol–water partition coefficient (Wildman–Crippen LogP) is 5.40. The summed E-state index contributed by atoms with van der Waals surface area (Å²) in [7, 11) is 0. The smallest absolute Gasteiger partial charge is 0.293 e. The zero-order valence-corrected chi connectivity index (χ0v) is 17.4. The van der Waals surface area contributed by atoms with Gasteiger partial charge in [0, 0.05) is 34.4 Å². The van der Waals surface area contributed by atoms with Crippen molar-refractivity contribution in [2.45, 2.75) is 19.5 Å². The number of nitrogens with one attached hydrogen (secondary N) is 2. The summed E-state index contributed by atoms with van der Waals surface area (Å²) in [4.78, 5) is 27.8. The number of aromatic nitrogens is 1. The lowest BCUT2D eigenvalue weighted by Gasteiger charge is -2.15. The Hall–Kier alpha value is -3.16. The highest BCUT2D eigenvalue weighted by Gasteiger charge is 2.20. The van der Waals surface area contributed by atoms with E-state index in [0.717, 1.165) is 5.69 Å². The molecule has 0 radical (unpaired) electrons. The van der Waals surface area contributed by atoms with Crippen LogP contribution < -0.4 is 10.6 Å². The summed E-state index contributed by atoms with van der Waals surface area (Å²) in [5.41, 5.74) is 1.70. The van der Waals surface area contributed by atoms with Crippen LogP contribution in [0.3, 0.4) is 0 Å². The SMILES string of the molecule is CC(Nc1ccc(C(=O)NCc2ccc(Cl)cc2Cl)cc1[N+](=O)[O-])c1ccccn1. The molecule has 1 aromatic heterocycles. The molecule has 1 unspecified atom stereocenters. The van der Waals surface area contributed by atoms with Gasteiger partial charge in [0.1, 0.15) is 5.69 Å². The number of benzene rings is 2. The van der Waals surface area contributed by atoms with E-state index in [1.54, 1.807) is 30.5 Å². The van der Waals surface area contributed by atoms with Crippen molar-refractivity contribution in [3.8, 4) is 0 Å². The minimum Gasteiger partial charge on any atom is -0.371 e. The van der Waals surface area contributed by atoms with Crippen LogP contribution in [0.25, 0.3) is 0 Å². The number of hydrogen-bond acceptors (Lipinski definition) is 5. The Morgan fingerprint density at radius 2 is 1.97 bits per heavy atom. The molecule has 0 saturated heterocycles. The Kier molecular flexibility index (Phi) is 6.87. The first kappa shape index (κ1) is 21.5. The van der Waals surface area contributed by atoms with Crippen LogP contribution in [0, 0.1) is 10.1 Å². The molecule has 1 atom stereocenters. The van der Waals surface area contributed by atoms with Crippen molar-refractivity contribution in [2.24, 2.45) is 0 Å². The third-order valence-electron chi connectivity index (χ3n) is 4.41. The largest absolute Gasteiger partial charge is 0.371 e. The minimum absolute atomic E-state index is 0.166. The van der Waals surface area contributed by atoms with E-state index in [2.05, 4.69) is 15.6 Å². The molecule has 3 rings (SSSR count). The molecule has 7 nitrogen and oxygen atoms in total. The number of halogens is 2. The van der Waals surface area contributed by atoms with Crippen LogP contribution in [-0.2, 0) is 6.54 Å². The van der Waals surface area contributed by atoms with E-state index in [-0.39, 0.29) is 23.8 Å². The number of rotatable bonds is 7. The maximum Gasteiger partial charge on any atom is 0.293 e. The zero-order chi connectivity index (χ0) is 21.7. The number of nitro benzene ring substituents is 1. The van der Waals surface area contributed by atoms with Gasteiger partial charge >= 0.3 is 0 Å². The third-order valence-corrected chi connectivity index (χ3v) is 5.00. The van der Waals surface area contributed by atoms with Gasteiger partial charge in [0.25, 0.3) is 11.6 Å². The van der Waals surface area contributed by atoms with Gasteiger partial charge in [0.2, 0.25) is 0 Å². The first-order valence-electron chi connectivity index (χ1n) is 9.03. The molecular weight excluding hydrogens is 427 g/mol. The second-order valence-corrected chi connectivity index (χ2v) is 7.37. The lowest BCUT2D eigenvalue weighted by Crippen LogP contribution is -2.23. The molecule has 154 valence electrons. The number of carbonyl (C=O) groups is 1. The molecule has 1 heterocycles. The second-order valence-electron chi connectivity index (χ2n) is 6.53. The minimum atomic E-state index is -0.527. The van der Waals surface area contributed by atoms with Crippen molar-refractivity contribution in [1.82, 2.24) is 10.3 Å². The number of pyridine rings is 1. The standard InChI is InChI=1S/C21H18Cl2N4O3/c1-13(18-4-2-3-9-24-18)26-19-8-6-14(10-20(19)27(29)30)21(28)25-12-15-5-7-16(22)11-17(15)23/h2-11,13,26H,12H2,1H3,(H,25,28). The van der Waals surface area contributed by atoms with Crippen molar-refractivity contribution in [2.75, 3.05) is 5.32 Å². The summed E-state index contributed by atoms with van der Waals surface area (Å²) in [6.45, 7) is 2.02.